The van der Waals surface area contributed by atoms with Crippen LogP contribution < -0.4 is 10.6 Å². The zero-order chi connectivity index (χ0) is 17.8. The van der Waals surface area contributed by atoms with E-state index in [1.165, 1.54) is 0 Å². The monoisotopic (exact) mass is 366 g/mol. The highest BCUT2D eigenvalue weighted by Gasteiger charge is 2.34. The maximum absolute atomic E-state index is 10.0. The molecule has 0 unspecified atom stereocenters. The smallest absolute Gasteiger partial charge is 0.188 e. The highest BCUT2D eigenvalue weighted by Crippen LogP contribution is 2.34. The van der Waals surface area contributed by atoms with Crippen LogP contribution in [-0.4, -0.2) is 34.8 Å². The summed E-state index contributed by atoms with van der Waals surface area (Å²) in [7, 11) is 0. The Morgan fingerprint density at radius 3 is 2.65 bits per heavy atom. The average molecular weight is 366 g/mol. The molecule has 3 N–H and O–H groups in total. The van der Waals surface area contributed by atoms with Gasteiger partial charge in [0.1, 0.15) is 5.82 Å². The Balaban J connectivity index is 1.55. The van der Waals surface area contributed by atoms with Crippen LogP contribution in [0.2, 0.25) is 0 Å². The molecule has 3 heterocycles. The van der Waals surface area contributed by atoms with E-state index >= 15 is 0 Å². The highest BCUT2D eigenvalue weighted by molar-refractivity contribution is 7.18. The first-order valence-electron chi connectivity index (χ1n) is 8.86. The summed E-state index contributed by atoms with van der Waals surface area (Å²) >= 11 is 1.61. The summed E-state index contributed by atoms with van der Waals surface area (Å²) < 4.78 is 0. The third-order valence-electron chi connectivity index (χ3n) is 4.95. The normalized spacial score (nSPS) is 16.3. The van der Waals surface area contributed by atoms with Crippen LogP contribution in [0.3, 0.4) is 0 Å². The summed E-state index contributed by atoms with van der Waals surface area (Å²) in [5.74, 6) is 0.766. The summed E-state index contributed by atoms with van der Waals surface area (Å²) in [6, 6.07) is 16.2. The van der Waals surface area contributed by atoms with E-state index in [1.807, 2.05) is 42.6 Å². The Kier molecular flexibility index (Phi) is 4.97. The van der Waals surface area contributed by atoms with E-state index in [9.17, 15) is 5.11 Å². The molecule has 0 aliphatic carbocycles. The lowest BCUT2D eigenvalue weighted by atomic mass is 9.76. The Bertz CT molecular complexity index is 859. The Hall–Kier alpha value is -2.28. The van der Waals surface area contributed by atoms with E-state index in [-0.39, 0.29) is 12.0 Å². The van der Waals surface area contributed by atoms with Crippen molar-refractivity contribution in [2.24, 2.45) is 0 Å². The summed E-state index contributed by atoms with van der Waals surface area (Å²) in [5, 5.41) is 17.5. The van der Waals surface area contributed by atoms with Crippen LogP contribution in [0.4, 0.5) is 10.9 Å². The number of hydrogen-bond acceptors (Lipinski definition) is 6. The van der Waals surface area contributed by atoms with Crippen molar-refractivity contribution >= 4 is 22.3 Å². The van der Waals surface area contributed by atoms with Gasteiger partial charge in [0.05, 0.1) is 17.2 Å². The van der Waals surface area contributed by atoms with Crippen molar-refractivity contribution in [2.45, 2.75) is 18.3 Å². The third-order valence-corrected chi connectivity index (χ3v) is 5.92. The first-order valence-corrected chi connectivity index (χ1v) is 9.68. The molecular formula is C20H22N4OS. The fraction of sp³-hybridized carbons (Fsp3) is 0.300. The van der Waals surface area contributed by atoms with Gasteiger partial charge in [-0.3, -0.25) is 0 Å². The summed E-state index contributed by atoms with van der Waals surface area (Å²) in [4.78, 5) is 10.4. The van der Waals surface area contributed by atoms with Crippen molar-refractivity contribution in [3.05, 3.63) is 60.4 Å². The second kappa shape index (κ2) is 7.53. The number of nitrogens with one attached hydrogen (secondary N) is 2. The molecule has 0 amide bonds. The van der Waals surface area contributed by atoms with Gasteiger partial charge in [-0.25, -0.2) is 9.97 Å². The lowest BCUT2D eigenvalue weighted by Crippen LogP contribution is -2.43. The van der Waals surface area contributed by atoms with Gasteiger partial charge in [0.2, 0.25) is 0 Å². The summed E-state index contributed by atoms with van der Waals surface area (Å²) in [5.41, 5.74) is 1.86. The fourth-order valence-electron chi connectivity index (χ4n) is 3.38. The van der Waals surface area contributed by atoms with Crippen LogP contribution in [0.25, 0.3) is 10.4 Å². The number of piperidine rings is 1. The number of aromatic nitrogens is 2. The van der Waals surface area contributed by atoms with E-state index in [2.05, 4.69) is 27.8 Å². The molecule has 1 aromatic carbocycles. The molecule has 1 aliphatic rings. The van der Waals surface area contributed by atoms with Crippen LogP contribution in [-0.2, 0) is 5.41 Å². The van der Waals surface area contributed by atoms with Crippen molar-refractivity contribution in [3.8, 4) is 10.4 Å². The van der Waals surface area contributed by atoms with Crippen LogP contribution in [0.1, 0.15) is 18.5 Å². The molecule has 3 aromatic rings. The number of benzene rings is 1. The van der Waals surface area contributed by atoms with E-state index < -0.39 is 0 Å². The molecule has 0 bridgehead atoms. The highest BCUT2D eigenvalue weighted by atomic mass is 32.1. The maximum Gasteiger partial charge on any atom is 0.188 e. The van der Waals surface area contributed by atoms with Crippen molar-refractivity contribution in [1.29, 1.82) is 0 Å². The number of rotatable bonds is 5. The molecule has 5 nitrogen and oxygen atoms in total. The van der Waals surface area contributed by atoms with Gasteiger partial charge < -0.3 is 15.7 Å². The molecule has 0 atom stereocenters. The summed E-state index contributed by atoms with van der Waals surface area (Å²) in [6.07, 6.45) is 3.68. The van der Waals surface area contributed by atoms with Gasteiger partial charge in [-0.2, -0.15) is 0 Å². The number of anilines is 2. The molecule has 0 saturated carbocycles. The molecule has 1 saturated heterocycles. The van der Waals surface area contributed by atoms with Gasteiger partial charge in [0, 0.05) is 11.6 Å². The summed E-state index contributed by atoms with van der Waals surface area (Å²) in [6.45, 7) is 1.94. The van der Waals surface area contributed by atoms with Crippen LogP contribution in [0.15, 0.2) is 54.7 Å². The predicted octanol–water partition coefficient (Wildman–Crippen LogP) is 3.56. The predicted molar refractivity (Wildman–Crippen MR) is 106 cm³/mol. The molecule has 4 rings (SSSR count). The number of hydrogen-bond donors (Lipinski definition) is 3. The molecular weight excluding hydrogens is 344 g/mol. The average Bonchev–Trinajstić information content (AvgIpc) is 3.18. The molecule has 6 heteroatoms. The number of aliphatic hydroxyl groups is 1. The molecule has 26 heavy (non-hydrogen) atoms. The van der Waals surface area contributed by atoms with Gasteiger partial charge in [-0.05, 0) is 43.6 Å². The first-order chi connectivity index (χ1) is 12.8. The molecule has 2 aromatic heterocycles. The van der Waals surface area contributed by atoms with Crippen molar-refractivity contribution in [2.75, 3.05) is 25.0 Å². The van der Waals surface area contributed by atoms with Gasteiger partial charge in [-0.15, -0.1) is 0 Å². The van der Waals surface area contributed by atoms with Crippen LogP contribution in [0.5, 0.6) is 0 Å². The Morgan fingerprint density at radius 2 is 1.88 bits per heavy atom. The van der Waals surface area contributed by atoms with Gasteiger partial charge in [0.15, 0.2) is 5.13 Å². The van der Waals surface area contributed by atoms with E-state index in [4.69, 9.17) is 4.98 Å². The SMILES string of the molecule is OCC1(c2cccc(Nc3ncc(-c4ccccc4)s3)n2)CCNCC1. The Labute approximate surface area is 157 Å². The van der Waals surface area contributed by atoms with Crippen LogP contribution in [0, 0.1) is 0 Å². The second-order valence-corrected chi connectivity index (χ2v) is 7.65. The second-order valence-electron chi connectivity index (χ2n) is 6.62. The topological polar surface area (TPSA) is 70.1 Å². The van der Waals surface area contributed by atoms with Crippen LogP contribution >= 0.6 is 11.3 Å². The van der Waals surface area contributed by atoms with Crippen molar-refractivity contribution in [3.63, 3.8) is 0 Å². The fourth-order valence-corrected chi connectivity index (χ4v) is 4.21. The quantitative estimate of drug-likeness (QED) is 0.644. The number of nitrogens with zero attached hydrogens (tertiary/aromatic N) is 2. The zero-order valence-electron chi connectivity index (χ0n) is 14.5. The Morgan fingerprint density at radius 1 is 1.08 bits per heavy atom. The minimum Gasteiger partial charge on any atom is -0.395 e. The van der Waals surface area contributed by atoms with Crippen molar-refractivity contribution < 1.29 is 5.11 Å². The van der Waals surface area contributed by atoms with E-state index in [0.717, 1.165) is 53.0 Å². The lowest BCUT2D eigenvalue weighted by Gasteiger charge is -2.35. The molecule has 0 radical (unpaired) electrons. The van der Waals surface area contributed by atoms with E-state index in [0.29, 0.717) is 0 Å². The van der Waals surface area contributed by atoms with Gasteiger partial charge >= 0.3 is 0 Å². The molecule has 1 aliphatic heterocycles. The first kappa shape index (κ1) is 17.1. The minimum absolute atomic E-state index is 0.126. The third kappa shape index (κ3) is 3.49. The van der Waals surface area contributed by atoms with Gasteiger partial charge in [0.25, 0.3) is 0 Å². The standard InChI is InChI=1S/C20H22N4OS/c25-14-20(9-11-21-12-10-20)17-7-4-8-18(23-17)24-19-22-13-16(26-19)15-5-2-1-3-6-15/h1-8,13,21,25H,9-12,14H2,(H,22,23,24). The molecule has 1 fully saturated rings. The number of thiazole rings is 1. The lowest BCUT2D eigenvalue weighted by molar-refractivity contribution is 0.155. The number of aliphatic hydroxyl groups excluding tert-OH is 1. The molecule has 134 valence electrons. The molecule has 0 spiro atoms. The van der Waals surface area contributed by atoms with Gasteiger partial charge in [-0.1, -0.05) is 47.7 Å². The minimum atomic E-state index is -0.249. The van der Waals surface area contributed by atoms with E-state index in [1.54, 1.807) is 11.3 Å². The zero-order valence-corrected chi connectivity index (χ0v) is 15.3. The van der Waals surface area contributed by atoms with Crippen molar-refractivity contribution in [1.82, 2.24) is 15.3 Å². The maximum atomic E-state index is 10.0. The largest absolute Gasteiger partial charge is 0.395 e. The number of pyridine rings is 1.